The normalized spacial score (nSPS) is 14.1. The minimum Gasteiger partial charge on any atom is -0.481 e. The zero-order chi connectivity index (χ0) is 14.7. The van der Waals surface area contributed by atoms with E-state index in [0.29, 0.717) is 0 Å². The van der Waals surface area contributed by atoms with E-state index in [1.165, 1.54) is 0 Å². The smallest absolute Gasteiger partial charge is 0.307 e. The first-order valence-corrected chi connectivity index (χ1v) is 7.78. The molecule has 5 heteroatoms. The molecule has 19 heavy (non-hydrogen) atoms. The van der Waals surface area contributed by atoms with Gasteiger partial charge in [-0.15, -0.1) is 0 Å². The predicted octanol–water partition coefficient (Wildman–Crippen LogP) is 2.14. The molecule has 0 aliphatic rings. The molecule has 0 saturated carbocycles. The van der Waals surface area contributed by atoms with Gasteiger partial charge in [-0.3, -0.25) is 4.79 Å². The molecule has 0 radical (unpaired) electrons. The summed E-state index contributed by atoms with van der Waals surface area (Å²) in [4.78, 5) is 11.2. The molecule has 0 bridgehead atoms. The van der Waals surface area contributed by atoms with Crippen LogP contribution in [0.5, 0.6) is 0 Å². The monoisotopic (exact) mass is 284 g/mol. The van der Waals surface area contributed by atoms with Gasteiger partial charge in [-0.1, -0.05) is 30.3 Å². The molecule has 1 aromatic carbocycles. The number of carboxylic acids is 1. The minimum atomic E-state index is -3.44. The maximum absolute atomic E-state index is 12.1. The van der Waals surface area contributed by atoms with Gasteiger partial charge in [0.2, 0.25) is 0 Å². The first kappa shape index (κ1) is 15.7. The highest BCUT2D eigenvalue weighted by Gasteiger charge is 2.34. The zero-order valence-corrected chi connectivity index (χ0v) is 12.3. The Morgan fingerprint density at radius 2 is 1.74 bits per heavy atom. The van der Waals surface area contributed by atoms with Crippen LogP contribution in [0.1, 0.15) is 26.3 Å². The highest BCUT2D eigenvalue weighted by molar-refractivity contribution is 7.92. The van der Waals surface area contributed by atoms with Crippen molar-refractivity contribution >= 4 is 15.8 Å². The van der Waals surface area contributed by atoms with Crippen molar-refractivity contribution in [2.24, 2.45) is 5.92 Å². The van der Waals surface area contributed by atoms with Gasteiger partial charge >= 0.3 is 5.97 Å². The standard InChI is InChI=1S/C14H20O4S/c1-14(2,3)19(17,18)10-12(13(15)16)9-11-7-5-4-6-8-11/h4-8,12H,9-10H2,1-3H3,(H,15,16)/t12-/m1/s1. The van der Waals surface area contributed by atoms with Crippen LogP contribution in [0.15, 0.2) is 30.3 Å². The summed E-state index contributed by atoms with van der Waals surface area (Å²) in [6.07, 6.45) is 0.228. The highest BCUT2D eigenvalue weighted by Crippen LogP contribution is 2.21. The van der Waals surface area contributed by atoms with Gasteiger partial charge < -0.3 is 5.11 Å². The molecule has 0 aliphatic carbocycles. The fraction of sp³-hybridized carbons (Fsp3) is 0.500. The van der Waals surface area contributed by atoms with Gasteiger partial charge in [0.25, 0.3) is 0 Å². The van der Waals surface area contributed by atoms with Crippen LogP contribution in [0.25, 0.3) is 0 Å². The van der Waals surface area contributed by atoms with Crippen molar-refractivity contribution < 1.29 is 18.3 Å². The van der Waals surface area contributed by atoms with Crippen LogP contribution in [-0.4, -0.2) is 30.0 Å². The molecule has 4 nitrogen and oxygen atoms in total. The fourth-order valence-electron chi connectivity index (χ4n) is 1.63. The van der Waals surface area contributed by atoms with Crippen molar-refractivity contribution in [3.8, 4) is 0 Å². The van der Waals surface area contributed by atoms with Crippen molar-refractivity contribution in [3.63, 3.8) is 0 Å². The molecule has 106 valence electrons. The molecule has 0 unspecified atom stereocenters. The largest absolute Gasteiger partial charge is 0.481 e. The predicted molar refractivity (Wildman–Crippen MR) is 74.8 cm³/mol. The lowest BCUT2D eigenvalue weighted by molar-refractivity contribution is -0.140. The highest BCUT2D eigenvalue weighted by atomic mass is 32.2. The second-order valence-corrected chi connectivity index (χ2v) is 8.41. The van der Waals surface area contributed by atoms with Crippen molar-refractivity contribution in [1.29, 1.82) is 0 Å². The van der Waals surface area contributed by atoms with Crippen LogP contribution in [0.3, 0.4) is 0 Å². The van der Waals surface area contributed by atoms with Crippen LogP contribution in [0.2, 0.25) is 0 Å². The third-order valence-electron chi connectivity index (χ3n) is 3.03. The van der Waals surface area contributed by atoms with Crippen molar-refractivity contribution in [3.05, 3.63) is 35.9 Å². The quantitative estimate of drug-likeness (QED) is 0.899. The lowest BCUT2D eigenvalue weighted by Gasteiger charge is -2.22. The second-order valence-electron chi connectivity index (χ2n) is 5.62. The zero-order valence-electron chi connectivity index (χ0n) is 11.5. The minimum absolute atomic E-state index is 0.228. The van der Waals surface area contributed by atoms with Crippen molar-refractivity contribution in [1.82, 2.24) is 0 Å². The molecule has 1 aromatic rings. The van der Waals surface area contributed by atoms with Gasteiger partial charge in [-0.25, -0.2) is 8.42 Å². The first-order chi connectivity index (χ1) is 8.63. The molecule has 0 saturated heterocycles. The Morgan fingerprint density at radius 3 is 2.16 bits per heavy atom. The van der Waals surface area contributed by atoms with Gasteiger partial charge in [0.15, 0.2) is 9.84 Å². The maximum atomic E-state index is 12.1. The topological polar surface area (TPSA) is 71.4 Å². The van der Waals surface area contributed by atoms with Crippen LogP contribution in [0, 0.1) is 5.92 Å². The van der Waals surface area contributed by atoms with E-state index in [4.69, 9.17) is 0 Å². The van der Waals surface area contributed by atoms with Crippen LogP contribution >= 0.6 is 0 Å². The van der Waals surface area contributed by atoms with Crippen molar-refractivity contribution in [2.75, 3.05) is 5.75 Å². The Hall–Kier alpha value is -1.36. The summed E-state index contributed by atoms with van der Waals surface area (Å²) in [6.45, 7) is 4.76. The van der Waals surface area contributed by atoms with Gasteiger partial charge in [0.1, 0.15) is 0 Å². The van der Waals surface area contributed by atoms with Gasteiger partial charge in [0.05, 0.1) is 16.4 Å². The molecule has 1 atom stereocenters. The van der Waals surface area contributed by atoms with E-state index in [9.17, 15) is 18.3 Å². The lowest BCUT2D eigenvalue weighted by atomic mass is 10.0. The van der Waals surface area contributed by atoms with E-state index in [0.717, 1.165) is 5.56 Å². The van der Waals surface area contributed by atoms with E-state index in [2.05, 4.69) is 0 Å². The number of hydrogen-bond donors (Lipinski definition) is 1. The number of carboxylic acid groups (broad SMARTS) is 1. The molecule has 0 spiro atoms. The Labute approximate surface area is 114 Å². The van der Waals surface area contributed by atoms with Gasteiger partial charge in [-0.2, -0.15) is 0 Å². The Kier molecular flexibility index (Phi) is 4.74. The molecule has 0 aromatic heterocycles. The molecule has 0 aliphatic heterocycles. The molecule has 0 fully saturated rings. The third-order valence-corrected chi connectivity index (χ3v) is 5.74. The average molecular weight is 284 g/mol. The first-order valence-electron chi connectivity index (χ1n) is 6.12. The number of hydrogen-bond acceptors (Lipinski definition) is 3. The van der Waals surface area contributed by atoms with Gasteiger partial charge in [0, 0.05) is 0 Å². The summed E-state index contributed by atoms with van der Waals surface area (Å²) >= 11 is 0. The van der Waals surface area contributed by atoms with Crippen LogP contribution in [0.4, 0.5) is 0 Å². The van der Waals surface area contributed by atoms with E-state index < -0.39 is 26.5 Å². The Morgan fingerprint density at radius 1 is 1.21 bits per heavy atom. The Balaban J connectivity index is 2.90. The fourth-order valence-corrected chi connectivity index (χ4v) is 2.92. The summed E-state index contributed by atoms with van der Waals surface area (Å²) in [5.41, 5.74) is 0.832. The lowest BCUT2D eigenvalue weighted by Crippen LogP contribution is -2.36. The summed E-state index contributed by atoms with van der Waals surface area (Å²) < 4.78 is 23.3. The summed E-state index contributed by atoms with van der Waals surface area (Å²) in [6, 6.07) is 9.07. The average Bonchev–Trinajstić information content (AvgIpc) is 2.27. The van der Waals surface area contributed by atoms with E-state index >= 15 is 0 Å². The summed E-state index contributed by atoms with van der Waals surface area (Å²) in [7, 11) is -3.44. The maximum Gasteiger partial charge on any atom is 0.307 e. The molecule has 0 heterocycles. The number of aliphatic carboxylic acids is 1. The Bertz CT molecular complexity index is 526. The van der Waals surface area contributed by atoms with E-state index in [1.54, 1.807) is 32.9 Å². The molecular formula is C14H20O4S. The number of rotatable bonds is 5. The third kappa shape index (κ3) is 4.35. The summed E-state index contributed by atoms with van der Waals surface area (Å²) in [5, 5.41) is 9.20. The van der Waals surface area contributed by atoms with Crippen molar-refractivity contribution in [2.45, 2.75) is 31.9 Å². The van der Waals surface area contributed by atoms with Crippen LogP contribution < -0.4 is 0 Å². The van der Waals surface area contributed by atoms with Gasteiger partial charge in [-0.05, 0) is 32.8 Å². The molecule has 1 rings (SSSR count). The van der Waals surface area contributed by atoms with E-state index in [-0.39, 0.29) is 12.2 Å². The summed E-state index contributed by atoms with van der Waals surface area (Å²) in [5.74, 6) is -2.32. The van der Waals surface area contributed by atoms with E-state index in [1.807, 2.05) is 18.2 Å². The molecule has 1 N–H and O–H groups in total. The number of carbonyl (C=O) groups is 1. The number of benzene rings is 1. The molecular weight excluding hydrogens is 264 g/mol. The molecule has 0 amide bonds. The second kappa shape index (κ2) is 5.74. The number of sulfone groups is 1. The SMILES string of the molecule is CC(C)(C)S(=O)(=O)C[C@@H](Cc1ccccc1)C(=O)O. The van der Waals surface area contributed by atoms with Crippen LogP contribution in [-0.2, 0) is 21.1 Å².